The Morgan fingerprint density at radius 1 is 1.53 bits per heavy atom. The number of hydrogen-bond donors (Lipinski definition) is 3. The molecule has 4 nitrogen and oxygen atoms in total. The van der Waals surface area contributed by atoms with Crippen molar-refractivity contribution in [1.82, 2.24) is 10.2 Å². The molecule has 0 amide bonds. The van der Waals surface area contributed by atoms with Gasteiger partial charge in [-0.25, -0.2) is 0 Å². The van der Waals surface area contributed by atoms with Crippen molar-refractivity contribution >= 4 is 34.0 Å². The summed E-state index contributed by atoms with van der Waals surface area (Å²) in [4.78, 5) is 0. The largest absolute Gasteiger partial charge is 0.397 e. The summed E-state index contributed by atoms with van der Waals surface area (Å²) in [5, 5.41) is 11.2. The van der Waals surface area contributed by atoms with E-state index < -0.39 is 0 Å². The first-order valence-corrected chi connectivity index (χ1v) is 6.16. The molecule has 80 valence electrons. The fourth-order valence-corrected chi connectivity index (χ4v) is 1.76. The molecule has 2 aromatic rings. The smallest absolute Gasteiger partial charge is 0.0672 e. The maximum absolute atomic E-state index is 5.92. The second-order valence-corrected chi connectivity index (χ2v) is 4.30. The zero-order chi connectivity index (χ0) is 10.7. The Morgan fingerprint density at radius 3 is 3.20 bits per heavy atom. The van der Waals surface area contributed by atoms with Gasteiger partial charge >= 0.3 is 0 Å². The second kappa shape index (κ2) is 4.44. The van der Waals surface area contributed by atoms with E-state index in [0.717, 1.165) is 34.6 Å². The molecule has 1 heterocycles. The van der Waals surface area contributed by atoms with Gasteiger partial charge < -0.3 is 11.1 Å². The van der Waals surface area contributed by atoms with Crippen LogP contribution in [0.15, 0.2) is 18.3 Å². The zero-order valence-electron chi connectivity index (χ0n) is 8.58. The minimum absolute atomic E-state index is 0.769. The van der Waals surface area contributed by atoms with Crippen LogP contribution < -0.4 is 11.1 Å². The lowest BCUT2D eigenvalue weighted by molar-refractivity contribution is 1.12. The summed E-state index contributed by atoms with van der Waals surface area (Å²) in [7, 11) is 0. The molecule has 0 saturated heterocycles. The Hall–Kier alpha value is -1.36. The van der Waals surface area contributed by atoms with E-state index in [1.54, 1.807) is 6.20 Å². The number of hydrogen-bond acceptors (Lipinski definition) is 4. The molecule has 0 aliphatic rings. The molecule has 5 heteroatoms. The molecule has 0 unspecified atom stereocenters. The van der Waals surface area contributed by atoms with Crippen LogP contribution >= 0.6 is 11.8 Å². The Balaban J connectivity index is 2.22. The highest BCUT2D eigenvalue weighted by Gasteiger charge is 2.02. The average molecular weight is 222 g/mol. The number of nitrogens with two attached hydrogens (primary N) is 1. The van der Waals surface area contributed by atoms with Crippen LogP contribution in [-0.2, 0) is 0 Å². The number of anilines is 2. The summed E-state index contributed by atoms with van der Waals surface area (Å²) < 4.78 is 0. The van der Waals surface area contributed by atoms with Crippen molar-refractivity contribution in [3.8, 4) is 0 Å². The molecule has 2 rings (SSSR count). The lowest BCUT2D eigenvalue weighted by Crippen LogP contribution is -2.05. The van der Waals surface area contributed by atoms with Gasteiger partial charge in [0.05, 0.1) is 23.1 Å². The Morgan fingerprint density at radius 2 is 2.40 bits per heavy atom. The quantitative estimate of drug-likeness (QED) is 0.546. The highest BCUT2D eigenvalue weighted by atomic mass is 32.2. The first-order chi connectivity index (χ1) is 7.31. The molecular weight excluding hydrogens is 208 g/mol. The number of nitrogen functional groups attached to an aromatic ring is 1. The Bertz CT molecular complexity index is 452. The van der Waals surface area contributed by atoms with E-state index in [-0.39, 0.29) is 0 Å². The maximum Gasteiger partial charge on any atom is 0.0672 e. The second-order valence-electron chi connectivity index (χ2n) is 3.32. The Kier molecular flexibility index (Phi) is 3.01. The minimum Gasteiger partial charge on any atom is -0.397 e. The van der Waals surface area contributed by atoms with Gasteiger partial charge in [0.15, 0.2) is 0 Å². The number of thioether (sulfide) groups is 1. The molecule has 0 atom stereocenters. The number of nitrogens with zero attached hydrogens (tertiary/aromatic N) is 1. The van der Waals surface area contributed by atoms with Crippen LogP contribution in [0.1, 0.15) is 0 Å². The molecule has 0 spiro atoms. The van der Waals surface area contributed by atoms with Gasteiger partial charge in [0.2, 0.25) is 0 Å². The van der Waals surface area contributed by atoms with E-state index in [2.05, 4.69) is 21.8 Å². The molecule has 1 aromatic heterocycles. The normalized spacial score (nSPS) is 10.7. The van der Waals surface area contributed by atoms with Crippen molar-refractivity contribution in [2.24, 2.45) is 0 Å². The van der Waals surface area contributed by atoms with Crippen LogP contribution in [0.25, 0.3) is 10.9 Å². The summed E-state index contributed by atoms with van der Waals surface area (Å²) in [5.41, 5.74) is 8.67. The third-order valence-corrected chi connectivity index (χ3v) is 2.84. The molecule has 15 heavy (non-hydrogen) atoms. The number of aromatic nitrogens is 2. The molecule has 0 fully saturated rings. The van der Waals surface area contributed by atoms with Gasteiger partial charge in [0.25, 0.3) is 0 Å². The first kappa shape index (κ1) is 10.2. The lowest BCUT2D eigenvalue weighted by Gasteiger charge is -2.08. The zero-order valence-corrected chi connectivity index (χ0v) is 9.40. The van der Waals surface area contributed by atoms with E-state index in [0.29, 0.717) is 0 Å². The van der Waals surface area contributed by atoms with Crippen molar-refractivity contribution < 1.29 is 0 Å². The van der Waals surface area contributed by atoms with Crippen molar-refractivity contribution in [3.63, 3.8) is 0 Å². The molecule has 0 aliphatic carbocycles. The van der Waals surface area contributed by atoms with Gasteiger partial charge in [0.1, 0.15) is 0 Å². The van der Waals surface area contributed by atoms with Crippen LogP contribution in [0.2, 0.25) is 0 Å². The van der Waals surface area contributed by atoms with E-state index in [4.69, 9.17) is 5.73 Å². The number of nitrogens with one attached hydrogen (secondary N) is 2. The first-order valence-electron chi connectivity index (χ1n) is 4.76. The maximum atomic E-state index is 5.92. The number of benzene rings is 1. The fourth-order valence-electron chi connectivity index (χ4n) is 1.45. The number of rotatable bonds is 4. The van der Waals surface area contributed by atoms with Gasteiger partial charge in [-0.1, -0.05) is 0 Å². The van der Waals surface area contributed by atoms with Crippen molar-refractivity contribution in [2.45, 2.75) is 0 Å². The van der Waals surface area contributed by atoms with Crippen LogP contribution in [0, 0.1) is 0 Å². The molecule has 0 aliphatic heterocycles. The summed E-state index contributed by atoms with van der Waals surface area (Å²) >= 11 is 1.81. The topological polar surface area (TPSA) is 66.7 Å². The van der Waals surface area contributed by atoms with E-state index in [9.17, 15) is 0 Å². The van der Waals surface area contributed by atoms with E-state index >= 15 is 0 Å². The third kappa shape index (κ3) is 2.18. The predicted octanol–water partition coefficient (Wildman–Crippen LogP) is 1.92. The Labute approximate surface area is 92.6 Å². The summed E-state index contributed by atoms with van der Waals surface area (Å²) in [6.07, 6.45) is 3.86. The third-order valence-electron chi connectivity index (χ3n) is 2.23. The molecule has 0 radical (unpaired) electrons. The molecule has 4 N–H and O–H groups in total. The van der Waals surface area contributed by atoms with Crippen LogP contribution in [-0.4, -0.2) is 28.8 Å². The summed E-state index contributed by atoms with van der Waals surface area (Å²) in [6, 6.07) is 3.93. The average Bonchev–Trinajstić information content (AvgIpc) is 2.65. The monoisotopic (exact) mass is 222 g/mol. The fraction of sp³-hybridized carbons (Fsp3) is 0.300. The summed E-state index contributed by atoms with van der Waals surface area (Å²) in [5.74, 6) is 1.07. The highest BCUT2D eigenvalue weighted by molar-refractivity contribution is 7.98. The van der Waals surface area contributed by atoms with Crippen LogP contribution in [0.5, 0.6) is 0 Å². The standard InChI is InChI=1S/C10H14N4S/c1-15-3-2-12-10-5-9-7(4-8(10)11)6-13-14-9/h4-6,12H,2-3,11H2,1H3,(H,13,14). The SMILES string of the molecule is CSCCNc1cc2[nH]ncc2cc1N. The number of aromatic amines is 1. The van der Waals surface area contributed by atoms with Crippen molar-refractivity contribution in [2.75, 3.05) is 29.6 Å². The lowest BCUT2D eigenvalue weighted by atomic mass is 10.2. The van der Waals surface area contributed by atoms with Gasteiger partial charge in [0, 0.05) is 17.7 Å². The van der Waals surface area contributed by atoms with Crippen molar-refractivity contribution in [1.29, 1.82) is 0 Å². The predicted molar refractivity (Wildman–Crippen MR) is 67.4 cm³/mol. The van der Waals surface area contributed by atoms with Gasteiger partial charge in [-0.2, -0.15) is 16.9 Å². The van der Waals surface area contributed by atoms with E-state index in [1.165, 1.54) is 0 Å². The van der Waals surface area contributed by atoms with Gasteiger partial charge in [-0.05, 0) is 18.4 Å². The van der Waals surface area contributed by atoms with Gasteiger partial charge in [-0.3, -0.25) is 5.10 Å². The van der Waals surface area contributed by atoms with Gasteiger partial charge in [-0.15, -0.1) is 0 Å². The summed E-state index contributed by atoms with van der Waals surface area (Å²) in [6.45, 7) is 0.922. The van der Waals surface area contributed by atoms with Crippen LogP contribution in [0.3, 0.4) is 0 Å². The van der Waals surface area contributed by atoms with E-state index in [1.807, 2.05) is 23.9 Å². The molecular formula is C10H14N4S. The molecule has 0 saturated carbocycles. The minimum atomic E-state index is 0.769. The number of H-pyrrole nitrogens is 1. The van der Waals surface area contributed by atoms with Crippen LogP contribution in [0.4, 0.5) is 11.4 Å². The highest BCUT2D eigenvalue weighted by Crippen LogP contribution is 2.24. The number of fused-ring (bicyclic) bond motifs is 1. The molecule has 0 bridgehead atoms. The molecule has 1 aromatic carbocycles. The van der Waals surface area contributed by atoms with Crippen molar-refractivity contribution in [3.05, 3.63) is 18.3 Å².